The fourth-order valence-electron chi connectivity index (χ4n) is 1.88. The van der Waals surface area contributed by atoms with Gasteiger partial charge in [0, 0.05) is 19.0 Å². The average Bonchev–Trinajstić information content (AvgIpc) is 2.48. The number of nitrogens with one attached hydrogen (secondary N) is 2. The van der Waals surface area contributed by atoms with Gasteiger partial charge in [-0.2, -0.15) is 0 Å². The van der Waals surface area contributed by atoms with Crippen molar-refractivity contribution in [1.29, 1.82) is 0 Å². The van der Waals surface area contributed by atoms with Crippen molar-refractivity contribution in [3.63, 3.8) is 0 Å². The van der Waals surface area contributed by atoms with Gasteiger partial charge >= 0.3 is 0 Å². The third kappa shape index (κ3) is 3.77. The van der Waals surface area contributed by atoms with Crippen LogP contribution in [0.2, 0.25) is 0 Å². The molecule has 0 aromatic rings. The van der Waals surface area contributed by atoms with E-state index in [1.165, 1.54) is 6.42 Å². The van der Waals surface area contributed by atoms with E-state index in [9.17, 15) is 4.79 Å². The smallest absolute Gasteiger partial charge is 0.221 e. The Labute approximate surface area is 80.3 Å². The number of rotatable bonds is 4. The highest BCUT2D eigenvalue weighted by molar-refractivity contribution is 5.76. The summed E-state index contributed by atoms with van der Waals surface area (Å²) in [7, 11) is 1.87. The molecular weight excluding hydrogens is 164 g/mol. The average molecular weight is 184 g/mol. The molecule has 0 saturated heterocycles. The summed E-state index contributed by atoms with van der Waals surface area (Å²) in [5.74, 6) is 0.975. The third-order valence-electron chi connectivity index (χ3n) is 2.66. The molecule has 3 nitrogen and oxygen atoms in total. The normalized spacial score (nSPS) is 27.5. The van der Waals surface area contributed by atoms with Crippen molar-refractivity contribution >= 4 is 5.91 Å². The van der Waals surface area contributed by atoms with E-state index < -0.39 is 0 Å². The lowest BCUT2D eigenvalue weighted by Gasteiger charge is -2.11. The van der Waals surface area contributed by atoms with Gasteiger partial charge in [-0.05, 0) is 32.2 Å². The second-order valence-corrected chi connectivity index (χ2v) is 4.04. The molecule has 0 bridgehead atoms. The molecule has 2 unspecified atom stereocenters. The molecule has 1 aliphatic rings. The van der Waals surface area contributed by atoms with Crippen molar-refractivity contribution in [2.24, 2.45) is 5.92 Å². The van der Waals surface area contributed by atoms with Crippen LogP contribution in [0.5, 0.6) is 0 Å². The minimum atomic E-state index is 0.188. The molecule has 2 atom stereocenters. The number of carbonyl (C=O) groups excluding carboxylic acids is 1. The van der Waals surface area contributed by atoms with Crippen LogP contribution in [0.3, 0.4) is 0 Å². The maximum atomic E-state index is 11.3. The minimum absolute atomic E-state index is 0.188. The van der Waals surface area contributed by atoms with E-state index in [1.807, 2.05) is 7.05 Å². The monoisotopic (exact) mass is 184 g/mol. The summed E-state index contributed by atoms with van der Waals surface area (Å²) in [6, 6.07) is 0.444. The van der Waals surface area contributed by atoms with E-state index >= 15 is 0 Å². The second kappa shape index (κ2) is 5.22. The molecule has 3 heteroatoms. The molecule has 76 valence electrons. The van der Waals surface area contributed by atoms with Crippen LogP contribution in [0.1, 0.15) is 32.6 Å². The first-order valence-corrected chi connectivity index (χ1v) is 5.16. The minimum Gasteiger partial charge on any atom is -0.353 e. The Morgan fingerprint density at radius 1 is 1.46 bits per heavy atom. The SMILES string of the molecule is CNCCC(=O)NC1CCC(C)C1. The fraction of sp³-hybridized carbons (Fsp3) is 0.900. The summed E-state index contributed by atoms with van der Waals surface area (Å²) in [5.41, 5.74) is 0. The van der Waals surface area contributed by atoms with Crippen LogP contribution < -0.4 is 10.6 Å². The fourth-order valence-corrected chi connectivity index (χ4v) is 1.88. The molecule has 1 saturated carbocycles. The first-order valence-electron chi connectivity index (χ1n) is 5.16. The molecule has 0 aliphatic heterocycles. The molecule has 1 amide bonds. The van der Waals surface area contributed by atoms with E-state index in [-0.39, 0.29) is 5.91 Å². The predicted octanol–water partition coefficient (Wildman–Crippen LogP) is 0.901. The molecule has 0 aromatic heterocycles. The molecule has 1 aliphatic carbocycles. The first-order chi connectivity index (χ1) is 6.22. The third-order valence-corrected chi connectivity index (χ3v) is 2.66. The summed E-state index contributed by atoms with van der Waals surface area (Å²) in [4.78, 5) is 11.3. The summed E-state index contributed by atoms with van der Waals surface area (Å²) in [6.45, 7) is 3.02. The number of carbonyl (C=O) groups is 1. The van der Waals surface area contributed by atoms with Gasteiger partial charge in [0.15, 0.2) is 0 Å². The highest BCUT2D eigenvalue weighted by atomic mass is 16.1. The lowest BCUT2D eigenvalue weighted by atomic mass is 10.1. The molecular formula is C10H20N2O. The Morgan fingerprint density at radius 3 is 2.77 bits per heavy atom. The lowest BCUT2D eigenvalue weighted by molar-refractivity contribution is -0.121. The van der Waals surface area contributed by atoms with Crippen LogP contribution in [0.4, 0.5) is 0 Å². The topological polar surface area (TPSA) is 41.1 Å². The Kier molecular flexibility index (Phi) is 4.22. The first kappa shape index (κ1) is 10.5. The highest BCUT2D eigenvalue weighted by Crippen LogP contribution is 2.24. The van der Waals surface area contributed by atoms with Gasteiger partial charge in [0.2, 0.25) is 5.91 Å². The summed E-state index contributed by atoms with van der Waals surface area (Å²) >= 11 is 0. The van der Waals surface area contributed by atoms with Crippen molar-refractivity contribution in [3.8, 4) is 0 Å². The van der Waals surface area contributed by atoms with E-state index in [2.05, 4.69) is 17.6 Å². The number of amides is 1. The molecule has 0 spiro atoms. The van der Waals surface area contributed by atoms with E-state index in [1.54, 1.807) is 0 Å². The maximum Gasteiger partial charge on any atom is 0.221 e. The van der Waals surface area contributed by atoms with Gasteiger partial charge in [0.25, 0.3) is 0 Å². The molecule has 0 radical (unpaired) electrons. The van der Waals surface area contributed by atoms with E-state index in [0.29, 0.717) is 12.5 Å². The van der Waals surface area contributed by atoms with Crippen LogP contribution in [0, 0.1) is 5.92 Å². The zero-order chi connectivity index (χ0) is 9.68. The van der Waals surface area contributed by atoms with Crippen LogP contribution in [-0.4, -0.2) is 25.5 Å². The van der Waals surface area contributed by atoms with Gasteiger partial charge in [0.05, 0.1) is 0 Å². The molecule has 13 heavy (non-hydrogen) atoms. The zero-order valence-corrected chi connectivity index (χ0v) is 8.60. The van der Waals surface area contributed by atoms with Crippen molar-refractivity contribution in [1.82, 2.24) is 10.6 Å². The van der Waals surface area contributed by atoms with Gasteiger partial charge in [-0.25, -0.2) is 0 Å². The number of hydrogen-bond donors (Lipinski definition) is 2. The molecule has 1 rings (SSSR count). The Balaban J connectivity index is 2.13. The molecule has 2 N–H and O–H groups in total. The van der Waals surface area contributed by atoms with E-state index in [4.69, 9.17) is 0 Å². The van der Waals surface area contributed by atoms with Gasteiger partial charge < -0.3 is 10.6 Å². The van der Waals surface area contributed by atoms with Crippen molar-refractivity contribution < 1.29 is 4.79 Å². The lowest BCUT2D eigenvalue weighted by Crippen LogP contribution is -2.34. The van der Waals surface area contributed by atoms with Crippen LogP contribution in [0.25, 0.3) is 0 Å². The Hall–Kier alpha value is -0.570. The quantitative estimate of drug-likeness (QED) is 0.681. The second-order valence-electron chi connectivity index (χ2n) is 4.04. The standard InChI is InChI=1S/C10H20N2O/c1-8-3-4-9(7-8)12-10(13)5-6-11-2/h8-9,11H,3-7H2,1-2H3,(H,12,13). The summed E-state index contributed by atoms with van der Waals surface area (Å²) in [6.07, 6.45) is 4.18. The van der Waals surface area contributed by atoms with Crippen LogP contribution in [-0.2, 0) is 4.79 Å². The Morgan fingerprint density at radius 2 is 2.23 bits per heavy atom. The van der Waals surface area contributed by atoms with Crippen LogP contribution in [0.15, 0.2) is 0 Å². The molecule has 0 aromatic carbocycles. The zero-order valence-electron chi connectivity index (χ0n) is 8.60. The van der Waals surface area contributed by atoms with Gasteiger partial charge in [-0.15, -0.1) is 0 Å². The predicted molar refractivity (Wildman–Crippen MR) is 53.5 cm³/mol. The van der Waals surface area contributed by atoms with Gasteiger partial charge in [-0.3, -0.25) is 4.79 Å². The van der Waals surface area contributed by atoms with E-state index in [0.717, 1.165) is 25.3 Å². The van der Waals surface area contributed by atoms with Crippen molar-refractivity contribution in [2.45, 2.75) is 38.6 Å². The summed E-state index contributed by atoms with van der Waals surface area (Å²) < 4.78 is 0. The summed E-state index contributed by atoms with van der Waals surface area (Å²) in [5, 5.41) is 6.04. The maximum absolute atomic E-state index is 11.3. The van der Waals surface area contributed by atoms with Gasteiger partial charge in [0.1, 0.15) is 0 Å². The molecule has 0 heterocycles. The van der Waals surface area contributed by atoms with Crippen molar-refractivity contribution in [2.75, 3.05) is 13.6 Å². The largest absolute Gasteiger partial charge is 0.353 e. The Bertz CT molecular complexity index is 170. The van der Waals surface area contributed by atoms with Crippen LogP contribution >= 0.6 is 0 Å². The highest BCUT2D eigenvalue weighted by Gasteiger charge is 2.22. The molecule has 1 fully saturated rings. The van der Waals surface area contributed by atoms with Gasteiger partial charge in [-0.1, -0.05) is 6.92 Å². The van der Waals surface area contributed by atoms with Crippen molar-refractivity contribution in [3.05, 3.63) is 0 Å². The number of hydrogen-bond acceptors (Lipinski definition) is 2.